The molecule has 0 radical (unpaired) electrons. The fourth-order valence-corrected chi connectivity index (χ4v) is 4.21. The quantitative estimate of drug-likeness (QED) is 0.446. The normalized spacial score (nSPS) is 13.5. The van der Waals surface area contributed by atoms with Gasteiger partial charge in [0, 0.05) is 29.8 Å². The number of hydrogen-bond acceptors (Lipinski definition) is 4. The van der Waals surface area contributed by atoms with Crippen LogP contribution in [-0.4, -0.2) is 33.4 Å². The number of phenolic OH excluding ortho intramolecular Hbond substituents is 1. The highest BCUT2D eigenvalue weighted by Gasteiger charge is 2.27. The summed E-state index contributed by atoms with van der Waals surface area (Å²) in [5.74, 6) is -0.283. The van der Waals surface area contributed by atoms with E-state index in [2.05, 4.69) is 15.7 Å². The highest BCUT2D eigenvalue weighted by molar-refractivity contribution is 6.40. The van der Waals surface area contributed by atoms with Crippen molar-refractivity contribution in [2.45, 2.75) is 32.1 Å². The van der Waals surface area contributed by atoms with Crippen molar-refractivity contribution in [3.05, 3.63) is 63.8 Å². The van der Waals surface area contributed by atoms with E-state index in [1.165, 1.54) is 10.7 Å². The molecule has 1 aromatic heterocycles. The van der Waals surface area contributed by atoms with Crippen LogP contribution in [0.4, 0.5) is 10.5 Å². The molecule has 3 aromatic rings. The highest BCUT2D eigenvalue weighted by atomic mass is 35.5. The molecule has 0 bridgehead atoms. The van der Waals surface area contributed by atoms with E-state index in [-0.39, 0.29) is 33.3 Å². The fourth-order valence-electron chi connectivity index (χ4n) is 3.65. The maximum Gasteiger partial charge on any atom is 0.342 e. The molecule has 1 fully saturated rings. The number of carbonyl (C=O) groups is 2. The number of hydrogen-bond donors (Lipinski definition) is 3. The van der Waals surface area contributed by atoms with Crippen LogP contribution < -0.4 is 10.6 Å². The molecule has 32 heavy (non-hydrogen) atoms. The van der Waals surface area contributed by atoms with Gasteiger partial charge in [-0.05, 0) is 50.1 Å². The molecular weight excluding hydrogens is 451 g/mol. The van der Waals surface area contributed by atoms with Crippen molar-refractivity contribution in [2.24, 2.45) is 0 Å². The zero-order valence-electron chi connectivity index (χ0n) is 17.4. The van der Waals surface area contributed by atoms with Crippen LogP contribution in [-0.2, 0) is 0 Å². The Morgan fingerprint density at radius 3 is 2.47 bits per heavy atom. The Bertz CT molecular complexity index is 1170. The van der Waals surface area contributed by atoms with Crippen LogP contribution in [0.3, 0.4) is 0 Å². The van der Waals surface area contributed by atoms with Crippen molar-refractivity contribution in [3.63, 3.8) is 0 Å². The predicted octanol–water partition coefficient (Wildman–Crippen LogP) is 5.66. The molecule has 0 saturated heterocycles. The predicted molar refractivity (Wildman–Crippen MR) is 125 cm³/mol. The summed E-state index contributed by atoms with van der Waals surface area (Å²) in [7, 11) is 0. The molecule has 1 heterocycles. The molecule has 166 valence electrons. The number of rotatable bonds is 5. The summed E-state index contributed by atoms with van der Waals surface area (Å²) < 4.78 is 1.39. The number of carbonyl (C=O) groups excluding carboxylic acids is 2. The molecule has 4 rings (SSSR count). The van der Waals surface area contributed by atoms with Gasteiger partial charge < -0.3 is 15.7 Å². The molecule has 9 heteroatoms. The fraction of sp³-hybridized carbons (Fsp3) is 0.261. The average molecular weight is 473 g/mol. The summed E-state index contributed by atoms with van der Waals surface area (Å²) in [4.78, 5) is 25.1. The molecule has 2 amide bonds. The Labute approximate surface area is 195 Å². The first-order valence-electron chi connectivity index (χ1n) is 10.4. The molecular formula is C23H22Cl2N4O3. The first kappa shape index (κ1) is 22.2. The van der Waals surface area contributed by atoms with Crippen molar-refractivity contribution < 1.29 is 14.7 Å². The van der Waals surface area contributed by atoms with Crippen LogP contribution >= 0.6 is 23.2 Å². The van der Waals surface area contributed by atoms with E-state index < -0.39 is 5.91 Å². The van der Waals surface area contributed by atoms with Gasteiger partial charge in [-0.3, -0.25) is 4.79 Å². The van der Waals surface area contributed by atoms with Gasteiger partial charge in [0.15, 0.2) is 0 Å². The molecule has 7 nitrogen and oxygen atoms in total. The van der Waals surface area contributed by atoms with Gasteiger partial charge in [0.25, 0.3) is 5.91 Å². The van der Waals surface area contributed by atoms with E-state index in [9.17, 15) is 14.7 Å². The van der Waals surface area contributed by atoms with E-state index in [4.69, 9.17) is 23.2 Å². The van der Waals surface area contributed by atoms with Crippen molar-refractivity contribution in [2.75, 3.05) is 11.9 Å². The molecule has 1 saturated carbocycles. The summed E-state index contributed by atoms with van der Waals surface area (Å²) in [5, 5.41) is 21.0. The van der Waals surface area contributed by atoms with E-state index in [0.717, 1.165) is 25.0 Å². The third-order valence-electron chi connectivity index (χ3n) is 5.50. The van der Waals surface area contributed by atoms with Gasteiger partial charge in [-0.1, -0.05) is 35.7 Å². The zero-order valence-corrected chi connectivity index (χ0v) is 18.9. The smallest absolute Gasteiger partial charge is 0.342 e. The summed E-state index contributed by atoms with van der Waals surface area (Å²) in [6.45, 7) is 2.34. The Balaban J connectivity index is 1.61. The number of phenols is 1. The monoisotopic (exact) mass is 472 g/mol. The number of amides is 2. The van der Waals surface area contributed by atoms with Crippen LogP contribution in [0.1, 0.15) is 48.2 Å². The lowest BCUT2D eigenvalue weighted by atomic mass is 9.82. The van der Waals surface area contributed by atoms with Crippen molar-refractivity contribution in [1.29, 1.82) is 0 Å². The van der Waals surface area contributed by atoms with E-state index >= 15 is 0 Å². The minimum absolute atomic E-state index is 0.0752. The molecule has 3 N–H and O–H groups in total. The second-order valence-corrected chi connectivity index (χ2v) is 8.43. The molecule has 1 aliphatic rings. The standard InChI is InChI=1S/C23H22Cl2N4O3/c1-2-26-23(32)29-19(13-5-3-6-13)12-18(28-29)15-10-9-14(11-20(15)30)27-22(31)21-16(24)7-4-8-17(21)25/h4,7-13,30H,2-3,5-6H2,1H3,(H,26,32)(H,27,31). The second kappa shape index (κ2) is 9.22. The van der Waals surface area contributed by atoms with Crippen LogP contribution in [0.2, 0.25) is 10.0 Å². The number of aromatic nitrogens is 2. The van der Waals surface area contributed by atoms with Crippen LogP contribution in [0.5, 0.6) is 5.75 Å². The minimum atomic E-state index is -0.486. The number of halogens is 2. The molecule has 0 spiro atoms. The van der Waals surface area contributed by atoms with Gasteiger partial charge >= 0.3 is 6.03 Å². The first-order chi connectivity index (χ1) is 15.4. The number of nitrogens with zero attached hydrogens (tertiary/aromatic N) is 2. The third kappa shape index (κ3) is 4.31. The van der Waals surface area contributed by atoms with E-state index in [1.807, 2.05) is 13.0 Å². The summed E-state index contributed by atoms with van der Waals surface area (Å²) in [5.41, 5.74) is 2.31. The summed E-state index contributed by atoms with van der Waals surface area (Å²) in [6.07, 6.45) is 3.13. The maximum absolute atomic E-state index is 12.6. The molecule has 0 aliphatic heterocycles. The van der Waals surface area contributed by atoms with Crippen molar-refractivity contribution in [1.82, 2.24) is 15.1 Å². The zero-order chi connectivity index (χ0) is 22.8. The highest BCUT2D eigenvalue weighted by Crippen LogP contribution is 2.39. The maximum atomic E-state index is 12.6. The van der Waals surface area contributed by atoms with Crippen molar-refractivity contribution >= 4 is 40.8 Å². The van der Waals surface area contributed by atoms with E-state index in [0.29, 0.717) is 23.5 Å². The third-order valence-corrected chi connectivity index (χ3v) is 6.13. The number of benzene rings is 2. The van der Waals surface area contributed by atoms with Gasteiger partial charge in [0.1, 0.15) is 5.75 Å². The SMILES string of the molecule is CCNC(=O)n1nc(-c2ccc(NC(=O)c3c(Cl)cccc3Cl)cc2O)cc1C1CCC1. The van der Waals surface area contributed by atoms with Gasteiger partial charge in [0.2, 0.25) is 0 Å². The van der Waals surface area contributed by atoms with Crippen LogP contribution in [0.15, 0.2) is 42.5 Å². The topological polar surface area (TPSA) is 96.3 Å². The number of nitrogens with one attached hydrogen (secondary N) is 2. The van der Waals surface area contributed by atoms with Crippen LogP contribution in [0.25, 0.3) is 11.3 Å². The van der Waals surface area contributed by atoms with E-state index in [1.54, 1.807) is 30.3 Å². The lowest BCUT2D eigenvalue weighted by molar-refractivity contribution is 0.102. The number of anilines is 1. The number of aromatic hydroxyl groups is 1. The van der Waals surface area contributed by atoms with Gasteiger partial charge in [-0.2, -0.15) is 9.78 Å². The Morgan fingerprint density at radius 2 is 1.88 bits per heavy atom. The Kier molecular flexibility index (Phi) is 6.39. The first-order valence-corrected chi connectivity index (χ1v) is 11.1. The minimum Gasteiger partial charge on any atom is -0.507 e. The average Bonchev–Trinajstić information content (AvgIpc) is 3.11. The van der Waals surface area contributed by atoms with Crippen molar-refractivity contribution in [3.8, 4) is 17.0 Å². The largest absolute Gasteiger partial charge is 0.507 e. The second-order valence-electron chi connectivity index (χ2n) is 7.61. The summed E-state index contributed by atoms with van der Waals surface area (Å²) >= 11 is 12.2. The Hall–Kier alpha value is -3.03. The lowest BCUT2D eigenvalue weighted by Crippen LogP contribution is -2.31. The van der Waals surface area contributed by atoms with Gasteiger partial charge in [-0.25, -0.2) is 4.79 Å². The Morgan fingerprint density at radius 1 is 1.16 bits per heavy atom. The van der Waals surface area contributed by atoms with Gasteiger partial charge in [-0.15, -0.1) is 0 Å². The molecule has 2 aromatic carbocycles. The molecule has 0 unspecified atom stereocenters. The summed E-state index contributed by atoms with van der Waals surface area (Å²) in [6, 6.07) is 11.1. The molecule has 1 aliphatic carbocycles. The molecule has 0 atom stereocenters. The van der Waals surface area contributed by atoms with Gasteiger partial charge in [0.05, 0.1) is 27.0 Å². The lowest BCUT2D eigenvalue weighted by Gasteiger charge is -2.25. The van der Waals surface area contributed by atoms with Crippen LogP contribution in [0, 0.1) is 0 Å².